The fourth-order valence-corrected chi connectivity index (χ4v) is 3.09. The highest BCUT2D eigenvalue weighted by atomic mass is 32.1. The quantitative estimate of drug-likeness (QED) is 0.846. The summed E-state index contributed by atoms with van der Waals surface area (Å²) < 4.78 is 0. The Balaban J connectivity index is 1.79. The van der Waals surface area contributed by atoms with E-state index in [1.807, 2.05) is 0 Å². The second-order valence-electron chi connectivity index (χ2n) is 5.11. The zero-order valence-corrected chi connectivity index (χ0v) is 11.3. The van der Waals surface area contributed by atoms with Crippen LogP contribution < -0.4 is 5.32 Å². The van der Waals surface area contributed by atoms with Gasteiger partial charge in [-0.3, -0.25) is 0 Å². The van der Waals surface area contributed by atoms with Crippen LogP contribution in [-0.4, -0.2) is 11.0 Å². The molecule has 1 aromatic heterocycles. The molecule has 1 N–H and O–H groups in total. The molecule has 0 amide bonds. The van der Waals surface area contributed by atoms with Crippen molar-refractivity contribution in [2.45, 2.75) is 58.5 Å². The maximum absolute atomic E-state index is 4.53. The van der Waals surface area contributed by atoms with E-state index >= 15 is 0 Å². The molecular formula is C13H22N2S. The topological polar surface area (TPSA) is 24.9 Å². The summed E-state index contributed by atoms with van der Waals surface area (Å²) in [5, 5.41) is 6.98. The van der Waals surface area contributed by atoms with Crippen LogP contribution in [0.25, 0.3) is 0 Å². The third-order valence-corrected chi connectivity index (χ3v) is 4.32. The van der Waals surface area contributed by atoms with Crippen molar-refractivity contribution in [1.82, 2.24) is 10.3 Å². The molecule has 1 aliphatic carbocycles. The van der Waals surface area contributed by atoms with Crippen LogP contribution in [0.4, 0.5) is 0 Å². The maximum Gasteiger partial charge on any atom is 0.0898 e. The van der Waals surface area contributed by atoms with Gasteiger partial charge in [0.1, 0.15) is 0 Å². The largest absolute Gasteiger partial charge is 0.306 e. The van der Waals surface area contributed by atoms with Gasteiger partial charge in [0.05, 0.1) is 10.7 Å². The summed E-state index contributed by atoms with van der Waals surface area (Å²) in [7, 11) is 0. The van der Waals surface area contributed by atoms with Crippen molar-refractivity contribution in [3.8, 4) is 0 Å². The van der Waals surface area contributed by atoms with Gasteiger partial charge in [-0.25, -0.2) is 4.98 Å². The minimum Gasteiger partial charge on any atom is -0.306 e. The summed E-state index contributed by atoms with van der Waals surface area (Å²) in [6, 6.07) is 1.00. The molecule has 16 heavy (non-hydrogen) atoms. The van der Waals surface area contributed by atoms with E-state index in [0.29, 0.717) is 12.1 Å². The first-order valence-corrected chi connectivity index (χ1v) is 7.21. The highest BCUT2D eigenvalue weighted by molar-refractivity contribution is 7.09. The van der Waals surface area contributed by atoms with Gasteiger partial charge in [0.15, 0.2) is 0 Å². The van der Waals surface area contributed by atoms with E-state index in [-0.39, 0.29) is 0 Å². The Morgan fingerprint density at radius 1 is 1.50 bits per heavy atom. The van der Waals surface area contributed by atoms with Crippen LogP contribution in [0.15, 0.2) is 5.38 Å². The predicted molar refractivity (Wildman–Crippen MR) is 69.8 cm³/mol. The lowest BCUT2D eigenvalue weighted by Gasteiger charge is -2.29. The third-order valence-electron chi connectivity index (χ3n) is 3.53. The second kappa shape index (κ2) is 5.28. The lowest BCUT2D eigenvalue weighted by Crippen LogP contribution is -2.32. The fraction of sp³-hybridized carbons (Fsp3) is 0.769. The molecule has 0 saturated heterocycles. The standard InChI is InChI=1S/C13H22N2S/c1-9(7-12-5-4-6-12)14-10(2)13-8-16-11(3)15-13/h8-10,12,14H,4-7H2,1-3H3. The van der Waals surface area contributed by atoms with Crippen molar-refractivity contribution in [3.05, 3.63) is 16.1 Å². The zero-order chi connectivity index (χ0) is 11.5. The Kier molecular flexibility index (Phi) is 3.98. The number of hydrogen-bond donors (Lipinski definition) is 1. The minimum absolute atomic E-state index is 0.389. The Morgan fingerprint density at radius 3 is 2.75 bits per heavy atom. The Bertz CT molecular complexity index is 330. The van der Waals surface area contributed by atoms with Crippen LogP contribution >= 0.6 is 11.3 Å². The van der Waals surface area contributed by atoms with Crippen LogP contribution in [0, 0.1) is 12.8 Å². The van der Waals surface area contributed by atoms with Gasteiger partial charge in [-0.2, -0.15) is 0 Å². The molecule has 0 aliphatic heterocycles. The van der Waals surface area contributed by atoms with E-state index in [1.54, 1.807) is 11.3 Å². The van der Waals surface area contributed by atoms with Crippen molar-refractivity contribution < 1.29 is 0 Å². The average molecular weight is 238 g/mol. The van der Waals surface area contributed by atoms with Crippen molar-refractivity contribution >= 4 is 11.3 Å². The smallest absolute Gasteiger partial charge is 0.0898 e. The van der Waals surface area contributed by atoms with Gasteiger partial charge in [0.2, 0.25) is 0 Å². The van der Waals surface area contributed by atoms with Gasteiger partial charge in [-0.05, 0) is 33.1 Å². The van der Waals surface area contributed by atoms with Gasteiger partial charge >= 0.3 is 0 Å². The Morgan fingerprint density at radius 2 is 2.25 bits per heavy atom. The number of aromatic nitrogens is 1. The molecule has 1 aliphatic rings. The molecule has 2 unspecified atom stereocenters. The molecular weight excluding hydrogens is 216 g/mol. The molecule has 2 nitrogen and oxygen atoms in total. The van der Waals surface area contributed by atoms with Crippen molar-refractivity contribution in [2.75, 3.05) is 0 Å². The van der Waals surface area contributed by atoms with E-state index in [4.69, 9.17) is 0 Å². The van der Waals surface area contributed by atoms with E-state index in [1.165, 1.54) is 31.4 Å². The molecule has 0 bridgehead atoms. The number of aryl methyl sites for hydroxylation is 1. The molecule has 1 fully saturated rings. The summed E-state index contributed by atoms with van der Waals surface area (Å²) >= 11 is 1.74. The van der Waals surface area contributed by atoms with Crippen LogP contribution in [0.5, 0.6) is 0 Å². The molecule has 0 aromatic carbocycles. The Labute approximate surface area is 102 Å². The van der Waals surface area contributed by atoms with Crippen molar-refractivity contribution in [2.24, 2.45) is 5.92 Å². The molecule has 0 spiro atoms. The molecule has 0 radical (unpaired) electrons. The molecule has 3 heteroatoms. The van der Waals surface area contributed by atoms with E-state index in [2.05, 4.69) is 36.5 Å². The second-order valence-corrected chi connectivity index (χ2v) is 6.18. The van der Waals surface area contributed by atoms with Crippen LogP contribution in [0.1, 0.15) is 56.3 Å². The lowest BCUT2D eigenvalue weighted by molar-refractivity contribution is 0.259. The monoisotopic (exact) mass is 238 g/mol. The highest BCUT2D eigenvalue weighted by Gasteiger charge is 2.21. The average Bonchev–Trinajstić information content (AvgIpc) is 2.58. The van der Waals surface area contributed by atoms with Gasteiger partial charge in [0, 0.05) is 17.5 Å². The first-order chi connectivity index (χ1) is 7.65. The summed E-state index contributed by atoms with van der Waals surface area (Å²) in [6.07, 6.45) is 5.65. The molecule has 90 valence electrons. The predicted octanol–water partition coefficient (Wildman–Crippen LogP) is 3.68. The molecule has 1 aromatic rings. The van der Waals surface area contributed by atoms with Crippen molar-refractivity contribution in [3.63, 3.8) is 0 Å². The summed E-state index contributed by atoms with van der Waals surface area (Å²) in [5.41, 5.74) is 1.20. The Hall–Kier alpha value is -0.410. The maximum atomic E-state index is 4.53. The highest BCUT2D eigenvalue weighted by Crippen LogP contribution is 2.30. The number of nitrogens with zero attached hydrogens (tertiary/aromatic N) is 1. The minimum atomic E-state index is 0.389. The van der Waals surface area contributed by atoms with E-state index in [0.717, 1.165) is 10.9 Å². The van der Waals surface area contributed by atoms with Crippen molar-refractivity contribution in [1.29, 1.82) is 0 Å². The van der Waals surface area contributed by atoms with Gasteiger partial charge in [-0.15, -0.1) is 11.3 Å². The normalized spacial score (nSPS) is 20.4. The number of rotatable bonds is 5. The molecule has 1 heterocycles. The van der Waals surface area contributed by atoms with Gasteiger partial charge in [0.25, 0.3) is 0 Å². The van der Waals surface area contributed by atoms with Gasteiger partial charge < -0.3 is 5.32 Å². The van der Waals surface area contributed by atoms with Crippen LogP contribution in [0.2, 0.25) is 0 Å². The van der Waals surface area contributed by atoms with Crippen LogP contribution in [0.3, 0.4) is 0 Å². The fourth-order valence-electron chi connectivity index (χ4n) is 2.39. The third kappa shape index (κ3) is 3.05. The lowest BCUT2D eigenvalue weighted by atomic mass is 9.81. The SMILES string of the molecule is Cc1nc(C(C)NC(C)CC2CCC2)cs1. The molecule has 2 rings (SSSR count). The number of thiazole rings is 1. The summed E-state index contributed by atoms with van der Waals surface area (Å²) in [4.78, 5) is 4.53. The molecule has 1 saturated carbocycles. The first kappa shape index (κ1) is 12.1. The van der Waals surface area contributed by atoms with Crippen LogP contribution in [-0.2, 0) is 0 Å². The number of hydrogen-bond acceptors (Lipinski definition) is 3. The first-order valence-electron chi connectivity index (χ1n) is 6.33. The van der Waals surface area contributed by atoms with E-state index in [9.17, 15) is 0 Å². The molecule has 2 atom stereocenters. The zero-order valence-electron chi connectivity index (χ0n) is 10.5. The van der Waals surface area contributed by atoms with E-state index < -0.39 is 0 Å². The summed E-state index contributed by atoms with van der Waals surface area (Å²) in [5.74, 6) is 0.979. The summed E-state index contributed by atoms with van der Waals surface area (Å²) in [6.45, 7) is 6.58. The number of nitrogens with one attached hydrogen (secondary N) is 1. The van der Waals surface area contributed by atoms with Gasteiger partial charge in [-0.1, -0.05) is 19.3 Å².